The van der Waals surface area contributed by atoms with Crippen LogP contribution in [-0.4, -0.2) is 19.5 Å². The van der Waals surface area contributed by atoms with Crippen molar-refractivity contribution in [3.63, 3.8) is 0 Å². The third-order valence-corrected chi connectivity index (χ3v) is 2.64. The fourth-order valence-corrected chi connectivity index (χ4v) is 2.07. The van der Waals surface area contributed by atoms with Crippen molar-refractivity contribution in [1.29, 1.82) is 0 Å². The Morgan fingerprint density at radius 3 is 2.27 bits per heavy atom. The van der Waals surface area contributed by atoms with Gasteiger partial charge in [-0.2, -0.15) is 0 Å². The van der Waals surface area contributed by atoms with Gasteiger partial charge in [-0.1, -0.05) is 29.3 Å². The molecule has 0 radical (unpaired) electrons. The van der Waals surface area contributed by atoms with E-state index in [1.807, 2.05) is 0 Å². The van der Waals surface area contributed by atoms with Gasteiger partial charge < -0.3 is 9.47 Å². The summed E-state index contributed by atoms with van der Waals surface area (Å²) in [6.07, 6.45) is 2.02. The Bertz CT molecular complexity index is 307. The molecule has 0 N–H and O–H groups in total. The van der Waals surface area contributed by atoms with Gasteiger partial charge in [-0.3, -0.25) is 0 Å². The summed E-state index contributed by atoms with van der Waals surface area (Å²) in [7, 11) is 0. The maximum absolute atomic E-state index is 5.41. The Labute approximate surface area is 91.2 Å². The van der Waals surface area contributed by atoms with E-state index in [0.717, 1.165) is 26.1 Å². The zero-order chi connectivity index (χ0) is 10.7. The lowest BCUT2D eigenvalue weighted by atomic mass is 10.0. The van der Waals surface area contributed by atoms with Crippen molar-refractivity contribution in [2.75, 3.05) is 13.2 Å². The topological polar surface area (TPSA) is 18.5 Å². The van der Waals surface area contributed by atoms with Crippen molar-refractivity contribution in [3.05, 3.63) is 34.9 Å². The molecule has 2 rings (SSSR count). The first kappa shape index (κ1) is 10.7. The molecule has 82 valence electrons. The van der Waals surface area contributed by atoms with Gasteiger partial charge in [0.05, 0.1) is 13.2 Å². The lowest BCUT2D eigenvalue weighted by Crippen LogP contribution is -2.08. The largest absolute Gasteiger partial charge is 0.350 e. The normalized spacial score (nSPS) is 17.2. The van der Waals surface area contributed by atoms with E-state index < -0.39 is 0 Å². The van der Waals surface area contributed by atoms with Crippen LogP contribution in [-0.2, 0) is 15.9 Å². The lowest BCUT2D eigenvalue weighted by Gasteiger charge is -2.09. The molecule has 2 heteroatoms. The number of hydrogen-bond acceptors (Lipinski definition) is 2. The molecule has 0 atom stereocenters. The van der Waals surface area contributed by atoms with Crippen LogP contribution >= 0.6 is 0 Å². The van der Waals surface area contributed by atoms with E-state index in [9.17, 15) is 0 Å². The fraction of sp³-hybridized carbons (Fsp3) is 0.538. The van der Waals surface area contributed by atoms with Gasteiger partial charge >= 0.3 is 0 Å². The fourth-order valence-electron chi connectivity index (χ4n) is 2.07. The predicted molar refractivity (Wildman–Crippen MR) is 59.9 cm³/mol. The molecule has 0 amide bonds. The van der Waals surface area contributed by atoms with Crippen molar-refractivity contribution < 1.29 is 9.47 Å². The maximum atomic E-state index is 5.41. The van der Waals surface area contributed by atoms with Gasteiger partial charge in [-0.15, -0.1) is 0 Å². The summed E-state index contributed by atoms with van der Waals surface area (Å²) >= 11 is 0. The second kappa shape index (κ2) is 4.77. The highest BCUT2D eigenvalue weighted by Gasteiger charge is 2.15. The molecule has 1 aliphatic heterocycles. The average molecular weight is 206 g/mol. The van der Waals surface area contributed by atoms with Crippen molar-refractivity contribution in [3.8, 4) is 0 Å². The Kier molecular flexibility index (Phi) is 3.39. The molecule has 0 aliphatic carbocycles. The summed E-state index contributed by atoms with van der Waals surface area (Å²) < 4.78 is 10.8. The summed E-state index contributed by atoms with van der Waals surface area (Å²) in [5, 5.41) is 0. The van der Waals surface area contributed by atoms with E-state index in [4.69, 9.17) is 9.47 Å². The molecular formula is C13H18O2. The smallest absolute Gasteiger partial charge is 0.158 e. The van der Waals surface area contributed by atoms with Crippen LogP contribution in [0.15, 0.2) is 18.2 Å². The number of aryl methyl sites for hydroxylation is 3. The summed E-state index contributed by atoms with van der Waals surface area (Å²) in [4.78, 5) is 0. The highest BCUT2D eigenvalue weighted by molar-refractivity contribution is 5.28. The molecule has 1 fully saturated rings. The first-order chi connectivity index (χ1) is 7.24. The van der Waals surface area contributed by atoms with Gasteiger partial charge in [0.2, 0.25) is 0 Å². The molecule has 1 saturated heterocycles. The molecule has 0 aromatic heterocycles. The Morgan fingerprint density at radius 1 is 1.07 bits per heavy atom. The maximum Gasteiger partial charge on any atom is 0.158 e. The summed E-state index contributed by atoms with van der Waals surface area (Å²) in [6, 6.07) is 6.68. The van der Waals surface area contributed by atoms with Gasteiger partial charge in [0.25, 0.3) is 0 Å². The molecule has 0 saturated carbocycles. The number of hydrogen-bond donors (Lipinski definition) is 0. The van der Waals surface area contributed by atoms with E-state index in [2.05, 4.69) is 32.0 Å². The highest BCUT2D eigenvalue weighted by Crippen LogP contribution is 2.15. The number of benzene rings is 1. The van der Waals surface area contributed by atoms with Gasteiger partial charge in [-0.25, -0.2) is 0 Å². The van der Waals surface area contributed by atoms with E-state index >= 15 is 0 Å². The summed E-state index contributed by atoms with van der Waals surface area (Å²) in [6.45, 7) is 5.77. The van der Waals surface area contributed by atoms with Gasteiger partial charge in [0.15, 0.2) is 6.29 Å². The van der Waals surface area contributed by atoms with Crippen LogP contribution in [0.5, 0.6) is 0 Å². The van der Waals surface area contributed by atoms with Crippen LogP contribution in [0.1, 0.15) is 23.1 Å². The molecule has 15 heavy (non-hydrogen) atoms. The minimum absolute atomic E-state index is 0.0193. The molecule has 1 heterocycles. The van der Waals surface area contributed by atoms with E-state index in [-0.39, 0.29) is 6.29 Å². The zero-order valence-electron chi connectivity index (χ0n) is 9.45. The summed E-state index contributed by atoms with van der Waals surface area (Å²) in [5.41, 5.74) is 4.04. The van der Waals surface area contributed by atoms with Crippen molar-refractivity contribution in [2.24, 2.45) is 0 Å². The monoisotopic (exact) mass is 206 g/mol. The minimum atomic E-state index is 0.0193. The Morgan fingerprint density at radius 2 is 1.67 bits per heavy atom. The first-order valence-electron chi connectivity index (χ1n) is 5.54. The Balaban J connectivity index is 1.92. The van der Waals surface area contributed by atoms with Crippen molar-refractivity contribution in [2.45, 2.75) is 33.0 Å². The zero-order valence-corrected chi connectivity index (χ0v) is 9.45. The van der Waals surface area contributed by atoms with Crippen LogP contribution in [0.3, 0.4) is 0 Å². The quantitative estimate of drug-likeness (QED) is 0.757. The standard InChI is InChI=1S/C13H18O2/c1-10-7-11(2)9-12(8-10)3-4-13-14-5-6-15-13/h7-9,13H,3-6H2,1-2H3. The van der Waals surface area contributed by atoms with Crippen molar-refractivity contribution in [1.82, 2.24) is 0 Å². The molecule has 2 nitrogen and oxygen atoms in total. The number of ether oxygens (including phenoxy) is 2. The molecule has 1 aliphatic rings. The summed E-state index contributed by atoms with van der Waals surface area (Å²) in [5.74, 6) is 0. The second-order valence-electron chi connectivity index (χ2n) is 4.21. The molecule has 1 aromatic carbocycles. The van der Waals surface area contributed by atoms with Gasteiger partial charge in [0.1, 0.15) is 0 Å². The SMILES string of the molecule is Cc1cc(C)cc(CCC2OCCO2)c1. The van der Waals surface area contributed by atoms with Crippen molar-refractivity contribution >= 4 is 0 Å². The van der Waals surface area contributed by atoms with E-state index in [1.54, 1.807) is 0 Å². The molecule has 1 aromatic rings. The van der Waals surface area contributed by atoms with Crippen LogP contribution < -0.4 is 0 Å². The number of rotatable bonds is 3. The molecule has 0 bridgehead atoms. The second-order valence-corrected chi connectivity index (χ2v) is 4.21. The minimum Gasteiger partial charge on any atom is -0.350 e. The van der Waals surface area contributed by atoms with Crippen LogP contribution in [0.4, 0.5) is 0 Å². The third kappa shape index (κ3) is 3.05. The third-order valence-electron chi connectivity index (χ3n) is 2.64. The Hall–Kier alpha value is -0.860. The van der Waals surface area contributed by atoms with Crippen LogP contribution in [0.25, 0.3) is 0 Å². The van der Waals surface area contributed by atoms with Crippen LogP contribution in [0.2, 0.25) is 0 Å². The first-order valence-corrected chi connectivity index (χ1v) is 5.54. The molecule has 0 spiro atoms. The van der Waals surface area contributed by atoms with E-state index in [0.29, 0.717) is 0 Å². The predicted octanol–water partition coefficient (Wildman–Crippen LogP) is 2.61. The van der Waals surface area contributed by atoms with E-state index in [1.165, 1.54) is 16.7 Å². The van der Waals surface area contributed by atoms with Gasteiger partial charge in [0, 0.05) is 6.42 Å². The molecular weight excluding hydrogens is 188 g/mol. The lowest BCUT2D eigenvalue weighted by molar-refractivity contribution is -0.0462. The van der Waals surface area contributed by atoms with Gasteiger partial charge in [-0.05, 0) is 25.8 Å². The molecule has 0 unspecified atom stereocenters. The highest BCUT2D eigenvalue weighted by atomic mass is 16.7. The van der Waals surface area contributed by atoms with Crippen LogP contribution in [0, 0.1) is 13.8 Å². The average Bonchev–Trinajstić information content (AvgIpc) is 2.65.